The van der Waals surface area contributed by atoms with Crippen LogP contribution < -0.4 is 19.5 Å². The molecule has 3 amide bonds. The second kappa shape index (κ2) is 13.0. The molecule has 1 N–H and O–H groups in total. The SMILES string of the molecule is COCCN(Cc1nc(C(=O)N2CCN(Cc3ccc4c(c3)OCO4)CC2)cs1)C(=O)Nc1ccc(OC)cc1. The Hall–Kier alpha value is -3.87. The van der Waals surface area contributed by atoms with Gasteiger partial charge in [0.1, 0.15) is 16.5 Å². The molecule has 0 unspecified atom stereocenters. The van der Waals surface area contributed by atoms with Crippen LogP contribution in [0.1, 0.15) is 21.1 Å². The van der Waals surface area contributed by atoms with Gasteiger partial charge >= 0.3 is 6.03 Å². The van der Waals surface area contributed by atoms with Crippen molar-refractivity contribution in [2.24, 2.45) is 0 Å². The third-order valence-electron chi connectivity index (χ3n) is 6.79. The first-order chi connectivity index (χ1) is 19.5. The highest BCUT2D eigenvalue weighted by molar-refractivity contribution is 7.09. The average molecular weight is 568 g/mol. The van der Waals surface area contributed by atoms with Crippen LogP contribution in [0, 0.1) is 0 Å². The maximum Gasteiger partial charge on any atom is 0.322 e. The van der Waals surface area contributed by atoms with E-state index >= 15 is 0 Å². The van der Waals surface area contributed by atoms with Crippen LogP contribution >= 0.6 is 11.3 Å². The molecule has 3 aromatic rings. The lowest BCUT2D eigenvalue weighted by Gasteiger charge is -2.34. The molecule has 1 saturated heterocycles. The summed E-state index contributed by atoms with van der Waals surface area (Å²) in [5, 5.41) is 5.35. The van der Waals surface area contributed by atoms with Crippen LogP contribution in [0.5, 0.6) is 17.2 Å². The molecule has 1 fully saturated rings. The molecule has 3 heterocycles. The second-order valence-electron chi connectivity index (χ2n) is 9.46. The Morgan fingerprint density at radius 3 is 2.58 bits per heavy atom. The lowest BCUT2D eigenvalue weighted by molar-refractivity contribution is 0.0623. The first-order valence-corrected chi connectivity index (χ1v) is 13.9. The smallest absolute Gasteiger partial charge is 0.322 e. The van der Waals surface area contributed by atoms with E-state index in [4.69, 9.17) is 18.9 Å². The van der Waals surface area contributed by atoms with Gasteiger partial charge in [-0.3, -0.25) is 9.69 Å². The third kappa shape index (κ3) is 6.82. The standard InChI is InChI=1S/C28H33N5O6S/c1-36-14-13-33(28(35)29-21-4-6-22(37-2)7-5-21)17-26-30-23(18-40-26)27(34)32-11-9-31(10-12-32)16-20-3-8-24-25(15-20)39-19-38-24/h3-8,15,18H,9-14,16-17,19H2,1-2H3,(H,29,35). The summed E-state index contributed by atoms with van der Waals surface area (Å²) in [4.78, 5) is 36.5. The minimum Gasteiger partial charge on any atom is -0.497 e. The normalized spacial score (nSPS) is 14.7. The predicted octanol–water partition coefficient (Wildman–Crippen LogP) is 3.52. The number of hydrogen-bond acceptors (Lipinski definition) is 9. The molecule has 212 valence electrons. The number of benzene rings is 2. The summed E-state index contributed by atoms with van der Waals surface area (Å²) < 4.78 is 21.2. The van der Waals surface area contributed by atoms with Crippen LogP contribution in [0.15, 0.2) is 47.8 Å². The first-order valence-electron chi connectivity index (χ1n) is 13.1. The minimum absolute atomic E-state index is 0.0867. The van der Waals surface area contributed by atoms with Gasteiger partial charge in [-0.25, -0.2) is 9.78 Å². The number of amides is 3. The molecule has 2 aromatic carbocycles. The fourth-order valence-electron chi connectivity index (χ4n) is 4.54. The van der Waals surface area contributed by atoms with Gasteiger partial charge in [0.05, 0.1) is 20.3 Å². The van der Waals surface area contributed by atoms with Crippen molar-refractivity contribution >= 4 is 29.0 Å². The fourth-order valence-corrected chi connectivity index (χ4v) is 5.33. The molecule has 12 heteroatoms. The van der Waals surface area contributed by atoms with Crippen molar-refractivity contribution in [3.63, 3.8) is 0 Å². The average Bonchev–Trinajstić information content (AvgIpc) is 3.65. The zero-order valence-electron chi connectivity index (χ0n) is 22.6. The Morgan fingerprint density at radius 2 is 1.82 bits per heavy atom. The number of fused-ring (bicyclic) bond motifs is 1. The van der Waals surface area contributed by atoms with Crippen molar-refractivity contribution in [1.82, 2.24) is 19.7 Å². The number of urea groups is 1. The zero-order chi connectivity index (χ0) is 27.9. The van der Waals surface area contributed by atoms with Gasteiger partial charge in [-0.2, -0.15) is 0 Å². The molecule has 2 aliphatic rings. The quantitative estimate of drug-likeness (QED) is 0.397. The topological polar surface area (TPSA) is 106 Å². The minimum atomic E-state index is -0.274. The Morgan fingerprint density at radius 1 is 1.05 bits per heavy atom. The lowest BCUT2D eigenvalue weighted by Crippen LogP contribution is -2.48. The Labute approximate surface area is 237 Å². The van der Waals surface area contributed by atoms with Crippen LogP contribution in [0.2, 0.25) is 0 Å². The molecule has 0 radical (unpaired) electrons. The van der Waals surface area contributed by atoms with Crippen LogP contribution in [0.3, 0.4) is 0 Å². The van der Waals surface area contributed by atoms with E-state index in [0.29, 0.717) is 48.4 Å². The van der Waals surface area contributed by atoms with Crippen LogP contribution in [-0.4, -0.2) is 92.0 Å². The van der Waals surface area contributed by atoms with Gasteiger partial charge in [0.25, 0.3) is 5.91 Å². The highest BCUT2D eigenvalue weighted by Gasteiger charge is 2.25. The highest BCUT2D eigenvalue weighted by Crippen LogP contribution is 2.33. The monoisotopic (exact) mass is 567 g/mol. The van der Waals surface area contributed by atoms with Gasteiger partial charge in [0, 0.05) is 57.4 Å². The van der Waals surface area contributed by atoms with E-state index in [0.717, 1.165) is 36.7 Å². The largest absolute Gasteiger partial charge is 0.497 e. The number of carbonyl (C=O) groups is 2. The van der Waals surface area contributed by atoms with Gasteiger partial charge < -0.3 is 34.1 Å². The summed E-state index contributed by atoms with van der Waals surface area (Å²) >= 11 is 1.37. The maximum atomic E-state index is 13.2. The number of piperazine rings is 1. The molecule has 0 spiro atoms. The number of aromatic nitrogens is 1. The Kier molecular flexibility index (Phi) is 8.99. The van der Waals surface area contributed by atoms with E-state index in [2.05, 4.69) is 21.3 Å². The molecule has 5 rings (SSSR count). The van der Waals surface area contributed by atoms with Crippen molar-refractivity contribution in [3.8, 4) is 17.2 Å². The summed E-state index contributed by atoms with van der Waals surface area (Å²) in [6, 6.07) is 12.9. The van der Waals surface area contributed by atoms with Crippen molar-refractivity contribution in [3.05, 3.63) is 64.1 Å². The van der Waals surface area contributed by atoms with Gasteiger partial charge in [-0.15, -0.1) is 11.3 Å². The van der Waals surface area contributed by atoms with Crippen LogP contribution in [0.4, 0.5) is 10.5 Å². The lowest BCUT2D eigenvalue weighted by atomic mass is 10.1. The number of hydrogen-bond donors (Lipinski definition) is 1. The van der Waals surface area contributed by atoms with E-state index in [1.165, 1.54) is 11.3 Å². The van der Waals surface area contributed by atoms with Gasteiger partial charge in [-0.1, -0.05) is 6.07 Å². The molecule has 1 aromatic heterocycles. The number of anilines is 1. The number of carbonyl (C=O) groups excluding carboxylic acids is 2. The third-order valence-corrected chi connectivity index (χ3v) is 7.63. The van der Waals surface area contributed by atoms with Gasteiger partial charge in [0.15, 0.2) is 11.5 Å². The molecular weight excluding hydrogens is 534 g/mol. The number of methoxy groups -OCH3 is 2. The predicted molar refractivity (Wildman–Crippen MR) is 150 cm³/mol. The molecule has 2 aliphatic heterocycles. The van der Waals surface area contributed by atoms with Crippen LogP contribution in [0.25, 0.3) is 0 Å². The number of rotatable bonds is 10. The number of ether oxygens (including phenoxy) is 4. The molecule has 0 aliphatic carbocycles. The highest BCUT2D eigenvalue weighted by atomic mass is 32.1. The molecule has 0 atom stereocenters. The van der Waals surface area contributed by atoms with Crippen molar-refractivity contribution in [1.29, 1.82) is 0 Å². The van der Waals surface area contributed by atoms with E-state index in [9.17, 15) is 9.59 Å². The number of nitrogens with zero attached hydrogens (tertiary/aromatic N) is 4. The summed E-state index contributed by atoms with van der Waals surface area (Å²) in [6.07, 6.45) is 0. The van der Waals surface area contributed by atoms with Gasteiger partial charge in [-0.05, 0) is 42.0 Å². The molecule has 40 heavy (non-hydrogen) atoms. The van der Waals surface area contributed by atoms with Gasteiger partial charge in [0.2, 0.25) is 6.79 Å². The summed E-state index contributed by atoms with van der Waals surface area (Å²) in [5.74, 6) is 2.18. The Bertz CT molecular complexity index is 1310. The number of thiazole rings is 1. The molecule has 0 bridgehead atoms. The van der Waals surface area contributed by atoms with Crippen LogP contribution in [-0.2, 0) is 17.8 Å². The van der Waals surface area contributed by atoms with Crippen molar-refractivity contribution in [2.75, 3.05) is 65.7 Å². The van der Waals surface area contributed by atoms with E-state index in [-0.39, 0.29) is 25.3 Å². The van der Waals surface area contributed by atoms with E-state index in [1.807, 2.05) is 17.0 Å². The molecule has 11 nitrogen and oxygen atoms in total. The number of nitrogens with one attached hydrogen (secondary N) is 1. The summed E-state index contributed by atoms with van der Waals surface area (Å²) in [5.41, 5.74) is 2.22. The maximum absolute atomic E-state index is 13.2. The van der Waals surface area contributed by atoms with Crippen molar-refractivity contribution < 1.29 is 28.5 Å². The molecule has 0 saturated carbocycles. The first kappa shape index (κ1) is 27.7. The van der Waals surface area contributed by atoms with Crippen molar-refractivity contribution in [2.45, 2.75) is 13.1 Å². The van der Waals surface area contributed by atoms with E-state index < -0.39 is 0 Å². The second-order valence-corrected chi connectivity index (χ2v) is 10.4. The molecular formula is C28H33N5O6S. The summed E-state index contributed by atoms with van der Waals surface area (Å²) in [6.45, 7) is 4.88. The fraction of sp³-hybridized carbons (Fsp3) is 0.393. The zero-order valence-corrected chi connectivity index (χ0v) is 23.4. The van der Waals surface area contributed by atoms with E-state index in [1.54, 1.807) is 48.8 Å². The Balaban J connectivity index is 1.14. The summed E-state index contributed by atoms with van der Waals surface area (Å²) in [7, 11) is 3.18.